The number of rotatable bonds is 6. The SMILES string of the molecule is C=C(C)C(=O)OCC(=O)O.CC=C(C)C(=O)OCc1ccccc1. The molecule has 0 heterocycles. The number of carbonyl (C=O) groups excluding carboxylic acids is 2. The summed E-state index contributed by atoms with van der Waals surface area (Å²) < 4.78 is 9.30. The minimum absolute atomic E-state index is 0.196. The quantitative estimate of drug-likeness (QED) is 0.635. The highest BCUT2D eigenvalue weighted by Gasteiger charge is 2.05. The van der Waals surface area contributed by atoms with Crippen LogP contribution in [0, 0.1) is 0 Å². The van der Waals surface area contributed by atoms with Crippen molar-refractivity contribution in [2.24, 2.45) is 0 Å². The summed E-state index contributed by atoms with van der Waals surface area (Å²) in [5.41, 5.74) is 1.84. The van der Waals surface area contributed by atoms with Crippen molar-refractivity contribution < 1.29 is 29.0 Å². The topological polar surface area (TPSA) is 89.9 Å². The van der Waals surface area contributed by atoms with Gasteiger partial charge in [-0.1, -0.05) is 43.0 Å². The average Bonchev–Trinajstić information content (AvgIpc) is 2.58. The number of allylic oxidation sites excluding steroid dienone is 1. The Morgan fingerprint density at radius 1 is 1.08 bits per heavy atom. The molecule has 0 aliphatic carbocycles. The predicted molar refractivity (Wildman–Crippen MR) is 89.1 cm³/mol. The van der Waals surface area contributed by atoms with Crippen molar-refractivity contribution in [1.82, 2.24) is 0 Å². The first-order valence-corrected chi connectivity index (χ1v) is 7.16. The largest absolute Gasteiger partial charge is 0.479 e. The van der Waals surface area contributed by atoms with Crippen LogP contribution >= 0.6 is 0 Å². The Morgan fingerprint density at radius 3 is 2.12 bits per heavy atom. The van der Waals surface area contributed by atoms with E-state index in [1.54, 1.807) is 13.0 Å². The molecule has 130 valence electrons. The molecule has 0 spiro atoms. The lowest BCUT2D eigenvalue weighted by Gasteiger charge is -2.04. The van der Waals surface area contributed by atoms with E-state index in [1.165, 1.54) is 6.92 Å². The molecule has 1 rings (SSSR count). The summed E-state index contributed by atoms with van der Waals surface area (Å²) in [6, 6.07) is 9.64. The number of carboxylic acids is 1. The fraction of sp³-hybridized carbons (Fsp3) is 0.278. The summed E-state index contributed by atoms with van der Waals surface area (Å²) >= 11 is 0. The van der Waals surface area contributed by atoms with E-state index in [2.05, 4.69) is 11.3 Å². The molecule has 1 aromatic rings. The maximum Gasteiger partial charge on any atom is 0.341 e. The third-order valence-corrected chi connectivity index (χ3v) is 2.64. The first kappa shape index (κ1) is 21.1. The second kappa shape index (κ2) is 11.6. The lowest BCUT2D eigenvalue weighted by atomic mass is 10.2. The van der Waals surface area contributed by atoms with Crippen LogP contribution in [0.1, 0.15) is 26.3 Å². The van der Waals surface area contributed by atoms with E-state index in [0.29, 0.717) is 12.2 Å². The molecule has 0 fully saturated rings. The third kappa shape index (κ3) is 9.94. The van der Waals surface area contributed by atoms with Gasteiger partial charge in [-0.2, -0.15) is 0 Å². The number of hydrogen-bond donors (Lipinski definition) is 1. The average molecular weight is 334 g/mol. The number of esters is 2. The molecule has 1 N–H and O–H groups in total. The molecule has 1 aromatic carbocycles. The molecular formula is C18H22O6. The Labute approximate surface area is 141 Å². The molecule has 0 unspecified atom stereocenters. The number of carboxylic acid groups (broad SMARTS) is 1. The van der Waals surface area contributed by atoms with Gasteiger partial charge in [0, 0.05) is 11.1 Å². The molecular weight excluding hydrogens is 312 g/mol. The third-order valence-electron chi connectivity index (χ3n) is 2.64. The van der Waals surface area contributed by atoms with E-state index in [0.717, 1.165) is 5.56 Å². The van der Waals surface area contributed by atoms with Crippen LogP contribution in [0.4, 0.5) is 0 Å². The highest BCUT2D eigenvalue weighted by Crippen LogP contribution is 2.03. The molecule has 0 saturated heterocycles. The predicted octanol–water partition coefficient (Wildman–Crippen LogP) is 2.89. The molecule has 6 nitrogen and oxygen atoms in total. The van der Waals surface area contributed by atoms with Crippen LogP contribution in [0.25, 0.3) is 0 Å². The number of carbonyl (C=O) groups is 3. The van der Waals surface area contributed by atoms with E-state index < -0.39 is 18.5 Å². The fourth-order valence-electron chi connectivity index (χ4n) is 1.21. The summed E-state index contributed by atoms with van der Waals surface area (Å²) in [5.74, 6) is -2.10. The second-order valence-electron chi connectivity index (χ2n) is 4.78. The van der Waals surface area contributed by atoms with Gasteiger partial charge in [-0.15, -0.1) is 0 Å². The van der Waals surface area contributed by atoms with Gasteiger partial charge < -0.3 is 14.6 Å². The van der Waals surface area contributed by atoms with Crippen molar-refractivity contribution >= 4 is 17.9 Å². The zero-order valence-corrected chi connectivity index (χ0v) is 14.1. The summed E-state index contributed by atoms with van der Waals surface area (Å²) in [5, 5.41) is 8.04. The molecule has 0 aliphatic heterocycles. The second-order valence-corrected chi connectivity index (χ2v) is 4.78. The monoisotopic (exact) mass is 334 g/mol. The minimum Gasteiger partial charge on any atom is -0.479 e. The molecule has 0 bridgehead atoms. The molecule has 6 heteroatoms. The maximum atomic E-state index is 11.3. The zero-order chi connectivity index (χ0) is 18.5. The first-order chi connectivity index (χ1) is 11.3. The highest BCUT2D eigenvalue weighted by atomic mass is 16.5. The van der Waals surface area contributed by atoms with Gasteiger partial charge in [0.2, 0.25) is 0 Å². The molecule has 0 aromatic heterocycles. The summed E-state index contributed by atoms with van der Waals surface area (Å²) in [4.78, 5) is 31.5. The van der Waals surface area contributed by atoms with E-state index in [4.69, 9.17) is 9.84 Å². The number of hydrogen-bond acceptors (Lipinski definition) is 5. The standard InChI is InChI=1S/C12H14O2.C6H8O4/c1-3-10(2)12(13)14-9-11-7-5-4-6-8-11;1-4(2)6(9)10-3-5(7)8/h3-8H,9H2,1-2H3;1,3H2,2H3,(H,7,8). The number of benzene rings is 1. The van der Waals surface area contributed by atoms with Crippen LogP contribution in [0.5, 0.6) is 0 Å². The van der Waals surface area contributed by atoms with Crippen LogP contribution in [0.2, 0.25) is 0 Å². The van der Waals surface area contributed by atoms with Gasteiger partial charge in [-0.25, -0.2) is 14.4 Å². The Hall–Kier alpha value is -2.89. The fourth-order valence-corrected chi connectivity index (χ4v) is 1.21. The Bertz CT molecular complexity index is 601. The van der Waals surface area contributed by atoms with Gasteiger partial charge in [-0.05, 0) is 26.3 Å². The minimum atomic E-state index is -1.17. The van der Waals surface area contributed by atoms with Crippen molar-refractivity contribution in [3.63, 3.8) is 0 Å². The lowest BCUT2D eigenvalue weighted by molar-refractivity contribution is -0.152. The van der Waals surface area contributed by atoms with Crippen molar-refractivity contribution in [3.8, 4) is 0 Å². The van der Waals surface area contributed by atoms with E-state index in [9.17, 15) is 14.4 Å². The molecule has 0 amide bonds. The first-order valence-electron chi connectivity index (χ1n) is 7.16. The normalized spacial score (nSPS) is 10.0. The van der Waals surface area contributed by atoms with Gasteiger partial charge in [0.15, 0.2) is 6.61 Å². The lowest BCUT2D eigenvalue weighted by Crippen LogP contribution is -2.12. The van der Waals surface area contributed by atoms with Gasteiger partial charge in [0.05, 0.1) is 0 Å². The van der Waals surface area contributed by atoms with E-state index in [-0.39, 0.29) is 11.5 Å². The zero-order valence-electron chi connectivity index (χ0n) is 14.1. The van der Waals surface area contributed by atoms with Crippen LogP contribution < -0.4 is 0 Å². The molecule has 0 saturated carbocycles. The molecule has 0 atom stereocenters. The summed E-state index contributed by atoms with van der Waals surface area (Å²) in [6.45, 7) is 8.01. The van der Waals surface area contributed by atoms with Crippen molar-refractivity contribution in [3.05, 3.63) is 59.7 Å². The van der Waals surface area contributed by atoms with E-state index in [1.807, 2.05) is 37.3 Å². The molecule has 24 heavy (non-hydrogen) atoms. The summed E-state index contributed by atoms with van der Waals surface area (Å²) in [6.07, 6.45) is 1.74. The van der Waals surface area contributed by atoms with Gasteiger partial charge >= 0.3 is 17.9 Å². The number of ether oxygens (including phenoxy) is 2. The van der Waals surface area contributed by atoms with Gasteiger partial charge in [0.25, 0.3) is 0 Å². The van der Waals surface area contributed by atoms with Crippen LogP contribution in [-0.2, 0) is 30.5 Å². The molecule has 0 radical (unpaired) electrons. The molecule has 0 aliphatic rings. The van der Waals surface area contributed by atoms with Gasteiger partial charge in [0.1, 0.15) is 6.61 Å². The Balaban J connectivity index is 0.000000470. The van der Waals surface area contributed by atoms with Crippen molar-refractivity contribution in [2.45, 2.75) is 27.4 Å². The van der Waals surface area contributed by atoms with Crippen molar-refractivity contribution in [1.29, 1.82) is 0 Å². The highest BCUT2D eigenvalue weighted by molar-refractivity contribution is 5.88. The van der Waals surface area contributed by atoms with Crippen LogP contribution in [0.3, 0.4) is 0 Å². The van der Waals surface area contributed by atoms with Crippen LogP contribution in [-0.4, -0.2) is 29.6 Å². The number of aliphatic carboxylic acids is 1. The smallest absolute Gasteiger partial charge is 0.341 e. The summed E-state index contributed by atoms with van der Waals surface area (Å²) in [7, 11) is 0. The Kier molecular flexibility index (Phi) is 10.2. The van der Waals surface area contributed by atoms with Crippen LogP contribution in [0.15, 0.2) is 54.1 Å². The van der Waals surface area contributed by atoms with Gasteiger partial charge in [-0.3, -0.25) is 0 Å². The Morgan fingerprint density at radius 2 is 1.67 bits per heavy atom. The van der Waals surface area contributed by atoms with E-state index >= 15 is 0 Å². The van der Waals surface area contributed by atoms with Crippen molar-refractivity contribution in [2.75, 3.05) is 6.61 Å². The maximum absolute atomic E-state index is 11.3.